The molecular weight excluding hydrogens is 268 g/mol. The van der Waals surface area contributed by atoms with E-state index in [2.05, 4.69) is 36.8 Å². The zero-order chi connectivity index (χ0) is 15.5. The lowest BCUT2D eigenvalue weighted by molar-refractivity contribution is 0.324. The van der Waals surface area contributed by atoms with E-state index in [9.17, 15) is 0 Å². The van der Waals surface area contributed by atoms with Gasteiger partial charge in [0.2, 0.25) is 0 Å². The molecule has 0 bridgehead atoms. The average molecular weight is 292 g/mol. The summed E-state index contributed by atoms with van der Waals surface area (Å²) in [6, 6.07) is 8.18. The van der Waals surface area contributed by atoms with Crippen LogP contribution >= 0.6 is 0 Å². The number of nitrogens with zero attached hydrogens (tertiary/aromatic N) is 2. The van der Waals surface area contributed by atoms with Gasteiger partial charge in [0.1, 0.15) is 5.82 Å². The van der Waals surface area contributed by atoms with Crippen molar-refractivity contribution in [2.75, 3.05) is 0 Å². The third-order valence-electron chi connectivity index (χ3n) is 4.82. The van der Waals surface area contributed by atoms with Crippen molar-refractivity contribution in [1.29, 1.82) is 0 Å². The van der Waals surface area contributed by atoms with Crippen LogP contribution in [0.4, 0.5) is 0 Å². The number of aromatic nitrogens is 2. The quantitative estimate of drug-likeness (QED) is 0.677. The molecule has 0 N–H and O–H groups in total. The first-order chi connectivity index (χ1) is 10.7. The van der Waals surface area contributed by atoms with Gasteiger partial charge in [0.15, 0.2) is 0 Å². The molecule has 0 atom stereocenters. The lowest BCUT2D eigenvalue weighted by atomic mass is 9.79. The van der Waals surface area contributed by atoms with Gasteiger partial charge < -0.3 is 4.57 Å². The number of fused-ring (bicyclic) bond motifs is 1. The summed E-state index contributed by atoms with van der Waals surface area (Å²) >= 11 is 0. The molecule has 0 radical (unpaired) electrons. The minimum atomic E-state index is 0.617. The van der Waals surface area contributed by atoms with Crippen molar-refractivity contribution in [2.45, 2.75) is 32.6 Å². The summed E-state index contributed by atoms with van der Waals surface area (Å²) in [6.45, 7) is 10.3. The highest BCUT2D eigenvalue weighted by Gasteiger charge is 2.20. The van der Waals surface area contributed by atoms with E-state index in [0.29, 0.717) is 5.92 Å². The monoisotopic (exact) mass is 292 g/mol. The summed E-state index contributed by atoms with van der Waals surface area (Å²) in [7, 11) is 0. The second kappa shape index (κ2) is 6.35. The Morgan fingerprint density at radius 2 is 1.91 bits per heavy atom. The normalized spacial score (nSPS) is 22.7. The Balaban J connectivity index is 1.98. The van der Waals surface area contributed by atoms with E-state index in [1.54, 1.807) is 0 Å². The molecule has 2 heteroatoms. The van der Waals surface area contributed by atoms with Crippen molar-refractivity contribution in [3.8, 4) is 0 Å². The molecule has 1 aromatic carbocycles. The second-order valence-corrected chi connectivity index (χ2v) is 6.32. The first-order valence-corrected chi connectivity index (χ1v) is 8.16. The smallest absolute Gasteiger partial charge is 0.138 e. The number of hydrogen-bond acceptors (Lipinski definition) is 1. The Hall–Kier alpha value is -2.09. The van der Waals surface area contributed by atoms with Crippen LogP contribution in [-0.2, 0) is 0 Å². The van der Waals surface area contributed by atoms with Gasteiger partial charge in [-0.25, -0.2) is 4.98 Å². The molecule has 0 amide bonds. The summed E-state index contributed by atoms with van der Waals surface area (Å²) in [5.74, 6) is 2.43. The number of rotatable bonds is 4. The van der Waals surface area contributed by atoms with Crippen LogP contribution in [0.1, 0.15) is 38.4 Å². The zero-order valence-corrected chi connectivity index (χ0v) is 13.3. The summed E-state index contributed by atoms with van der Waals surface area (Å²) in [6.07, 6.45) is 11.2. The largest absolute Gasteiger partial charge is 0.300 e. The molecule has 0 saturated heterocycles. The van der Waals surface area contributed by atoms with Crippen LogP contribution in [0.2, 0.25) is 0 Å². The van der Waals surface area contributed by atoms with Gasteiger partial charge in [0.05, 0.1) is 11.0 Å². The fourth-order valence-corrected chi connectivity index (χ4v) is 3.44. The number of benzene rings is 1. The maximum absolute atomic E-state index is 4.75. The number of imidazole rings is 1. The third kappa shape index (κ3) is 2.78. The second-order valence-electron chi connectivity index (χ2n) is 6.32. The van der Waals surface area contributed by atoms with Gasteiger partial charge in [-0.3, -0.25) is 0 Å². The van der Waals surface area contributed by atoms with Crippen LogP contribution in [0.5, 0.6) is 0 Å². The van der Waals surface area contributed by atoms with Gasteiger partial charge in [-0.1, -0.05) is 51.1 Å². The van der Waals surface area contributed by atoms with E-state index in [4.69, 9.17) is 4.98 Å². The van der Waals surface area contributed by atoms with E-state index in [1.165, 1.54) is 31.3 Å². The minimum Gasteiger partial charge on any atom is -0.300 e. The van der Waals surface area contributed by atoms with Crippen LogP contribution in [-0.4, -0.2) is 9.55 Å². The van der Waals surface area contributed by atoms with Crippen molar-refractivity contribution in [1.82, 2.24) is 9.55 Å². The minimum absolute atomic E-state index is 0.617. The van der Waals surface area contributed by atoms with Crippen molar-refractivity contribution in [3.05, 3.63) is 54.9 Å². The average Bonchev–Trinajstić information content (AvgIpc) is 2.90. The van der Waals surface area contributed by atoms with Gasteiger partial charge in [-0.15, -0.1) is 0 Å². The maximum atomic E-state index is 4.75. The number of hydrogen-bond donors (Lipinski definition) is 0. The van der Waals surface area contributed by atoms with Gasteiger partial charge in [-0.2, -0.15) is 0 Å². The van der Waals surface area contributed by atoms with E-state index < -0.39 is 0 Å². The molecule has 0 unspecified atom stereocenters. The van der Waals surface area contributed by atoms with E-state index in [1.807, 2.05) is 30.5 Å². The first-order valence-electron chi connectivity index (χ1n) is 8.16. The molecular formula is C20H24N2. The molecule has 1 aromatic heterocycles. The Bertz CT molecular complexity index is 712. The molecule has 1 fully saturated rings. The van der Waals surface area contributed by atoms with Crippen molar-refractivity contribution >= 4 is 23.3 Å². The van der Waals surface area contributed by atoms with Crippen molar-refractivity contribution in [3.63, 3.8) is 0 Å². The molecule has 1 aliphatic carbocycles. The number of allylic oxidation sites excluding steroid dienone is 2. The molecule has 0 aliphatic heterocycles. The standard InChI is InChI=1S/C20H24N2/c1-4-16(17-12-10-15(3)11-13-17)14-20-21-18-8-6-7-9-19(18)22(20)5-2/h4-9,14-15,17H,1-2,10-13H2,3H3/b16-14+. The summed E-state index contributed by atoms with van der Waals surface area (Å²) in [5.41, 5.74) is 3.42. The Morgan fingerprint density at radius 3 is 2.59 bits per heavy atom. The SMILES string of the molecule is C=C/C(=C\c1nc2ccccc2n1C=C)C1CCC(C)CC1. The summed E-state index contributed by atoms with van der Waals surface area (Å²) in [5, 5.41) is 0. The number of para-hydroxylation sites is 2. The molecule has 2 aromatic rings. The maximum Gasteiger partial charge on any atom is 0.138 e. The lowest BCUT2D eigenvalue weighted by Crippen LogP contribution is -2.13. The predicted octanol–water partition coefficient (Wildman–Crippen LogP) is 5.53. The van der Waals surface area contributed by atoms with Crippen LogP contribution in [0.3, 0.4) is 0 Å². The Morgan fingerprint density at radius 1 is 1.18 bits per heavy atom. The molecule has 0 spiro atoms. The third-order valence-corrected chi connectivity index (χ3v) is 4.82. The van der Waals surface area contributed by atoms with Crippen LogP contribution < -0.4 is 0 Å². The van der Waals surface area contributed by atoms with E-state index in [0.717, 1.165) is 22.8 Å². The van der Waals surface area contributed by atoms with Crippen molar-refractivity contribution < 1.29 is 0 Å². The highest BCUT2D eigenvalue weighted by atomic mass is 15.1. The first kappa shape index (κ1) is 14.8. The molecule has 3 rings (SSSR count). The summed E-state index contributed by atoms with van der Waals surface area (Å²) in [4.78, 5) is 4.75. The van der Waals surface area contributed by atoms with Gasteiger partial charge in [0.25, 0.3) is 0 Å². The zero-order valence-electron chi connectivity index (χ0n) is 13.3. The topological polar surface area (TPSA) is 17.8 Å². The van der Waals surface area contributed by atoms with E-state index >= 15 is 0 Å². The molecule has 1 heterocycles. The highest BCUT2D eigenvalue weighted by molar-refractivity contribution is 5.80. The molecule has 114 valence electrons. The fourth-order valence-electron chi connectivity index (χ4n) is 3.44. The molecule has 1 saturated carbocycles. The van der Waals surface area contributed by atoms with Crippen molar-refractivity contribution in [2.24, 2.45) is 11.8 Å². The van der Waals surface area contributed by atoms with Gasteiger partial charge in [-0.05, 0) is 48.5 Å². The van der Waals surface area contributed by atoms with Crippen LogP contribution in [0.15, 0.2) is 49.1 Å². The molecule has 1 aliphatic rings. The molecule has 22 heavy (non-hydrogen) atoms. The summed E-state index contributed by atoms with van der Waals surface area (Å²) < 4.78 is 2.06. The van der Waals surface area contributed by atoms with Crippen LogP contribution in [0.25, 0.3) is 23.3 Å². The highest BCUT2D eigenvalue weighted by Crippen LogP contribution is 2.34. The van der Waals surface area contributed by atoms with E-state index in [-0.39, 0.29) is 0 Å². The molecule has 2 nitrogen and oxygen atoms in total. The van der Waals surface area contributed by atoms with Gasteiger partial charge in [0, 0.05) is 6.20 Å². The Labute approximate surface area is 132 Å². The Kier molecular flexibility index (Phi) is 4.28. The lowest BCUT2D eigenvalue weighted by Gasteiger charge is -2.27. The van der Waals surface area contributed by atoms with Gasteiger partial charge >= 0.3 is 0 Å². The predicted molar refractivity (Wildman–Crippen MR) is 95.4 cm³/mol. The fraction of sp³-hybridized carbons (Fsp3) is 0.350. The van der Waals surface area contributed by atoms with Crippen LogP contribution in [0, 0.1) is 11.8 Å².